The maximum atomic E-state index is 12.8. The van der Waals surface area contributed by atoms with Gasteiger partial charge in [0.25, 0.3) is 17.1 Å². The van der Waals surface area contributed by atoms with Gasteiger partial charge in [0.15, 0.2) is 23.7 Å². The van der Waals surface area contributed by atoms with E-state index in [1.807, 2.05) is 0 Å². The van der Waals surface area contributed by atoms with Gasteiger partial charge in [0.1, 0.15) is 30.5 Å². The second-order valence-corrected chi connectivity index (χ2v) is 18.6. The molecule has 6 rings (SSSR count). The minimum atomic E-state index is -5.88. The fourth-order valence-electron chi connectivity index (χ4n) is 5.67. The van der Waals surface area contributed by atoms with Crippen LogP contribution in [0.1, 0.15) is 12.5 Å². The van der Waals surface area contributed by atoms with Gasteiger partial charge in [-0.2, -0.15) is 13.6 Å². The predicted octanol–water partition coefficient (Wildman–Crippen LogP) is -3.18. The summed E-state index contributed by atoms with van der Waals surface area (Å²) in [5.74, 6) is -1.09. The molecule has 0 spiro atoms. The Bertz CT molecular complexity index is 2300. The number of ether oxygens (including phenoxy) is 3. The predicted molar refractivity (Wildman–Crippen MR) is 175 cm³/mol. The van der Waals surface area contributed by atoms with Crippen LogP contribution in [0.2, 0.25) is 0 Å². The summed E-state index contributed by atoms with van der Waals surface area (Å²) in [6.07, 6.45) is -9.18. The fraction of sp³-hybridized carbons (Fsp3) is 0.545. The molecule has 0 saturated carbocycles. The quantitative estimate of drug-likeness (QED) is 0.0469. The van der Waals surface area contributed by atoms with Crippen LogP contribution in [0.4, 0.5) is 11.9 Å². The molecule has 53 heavy (non-hydrogen) atoms. The maximum absolute atomic E-state index is 12.8. The van der Waals surface area contributed by atoms with Crippen molar-refractivity contribution in [3.63, 3.8) is 0 Å². The molecule has 0 radical (unpaired) electrons. The minimum absolute atomic E-state index is 0.0122. The van der Waals surface area contributed by atoms with E-state index in [4.69, 9.17) is 25.7 Å². The van der Waals surface area contributed by atoms with Gasteiger partial charge < -0.3 is 55.7 Å². The summed E-state index contributed by atoms with van der Waals surface area (Å²) >= 11 is -0.0122. The Labute approximate surface area is 297 Å². The van der Waals surface area contributed by atoms with Gasteiger partial charge in [0.05, 0.1) is 26.1 Å². The Morgan fingerprint density at radius 1 is 0.962 bits per heavy atom. The number of phosphoric ester groups is 1. The first-order valence-corrected chi connectivity index (χ1v) is 20.9. The van der Waals surface area contributed by atoms with Gasteiger partial charge in [-0.05, 0) is 11.4 Å². The van der Waals surface area contributed by atoms with Crippen LogP contribution in [-0.2, 0) is 48.1 Å². The molecule has 0 bridgehead atoms. The number of nitrogens with zero attached hydrogens (tertiary/aromatic N) is 6. The average molecular weight is 834 g/mol. The van der Waals surface area contributed by atoms with Gasteiger partial charge >= 0.3 is 28.1 Å². The van der Waals surface area contributed by atoms with E-state index in [9.17, 15) is 53.3 Å². The van der Waals surface area contributed by atoms with Gasteiger partial charge in [-0.3, -0.25) is 33.2 Å². The first kappa shape index (κ1) is 39.6. The molecule has 6 heterocycles. The Morgan fingerprint density at radius 3 is 2.34 bits per heavy atom. The zero-order valence-corrected chi connectivity index (χ0v) is 30.4. The Balaban J connectivity index is 1.06. The van der Waals surface area contributed by atoms with Crippen LogP contribution in [0.3, 0.4) is 0 Å². The molecular weight excluding hydrogens is 801 g/mol. The van der Waals surface area contributed by atoms with Crippen LogP contribution in [0.25, 0.3) is 22.3 Å². The summed E-state index contributed by atoms with van der Waals surface area (Å²) in [7, 11) is -8.73. The first-order chi connectivity index (χ1) is 24.7. The Hall–Kier alpha value is -3.14. The van der Waals surface area contributed by atoms with Gasteiger partial charge in [-0.15, -0.1) is 0 Å². The number of aromatic amines is 2. The summed E-state index contributed by atoms with van der Waals surface area (Å²) in [4.78, 5) is 71.4. The third kappa shape index (κ3) is 7.99. The molecule has 31 heteroatoms. The number of hydrogen-bond donors (Lipinski definition) is 10. The molecule has 12 N–H and O–H groups in total. The van der Waals surface area contributed by atoms with Crippen LogP contribution in [0.15, 0.2) is 22.2 Å². The van der Waals surface area contributed by atoms with E-state index in [0.29, 0.717) is 0 Å². The number of aryl methyl sites for hydroxylation is 1. The van der Waals surface area contributed by atoms with Crippen molar-refractivity contribution < 1.29 is 75.6 Å². The summed E-state index contributed by atoms with van der Waals surface area (Å²) in [5, 5.41) is 31.9. The SMILES string of the molecule is CO[C@H]1C(O)[C@@H](CSP(=O)(O)OP(=O)(O)OP(=O)(O)OC[C@H]2O[C@@H](n3cnc4c(=O)[nH]c(N)nc43)C(O)[C@H]2O)O[C@H]1[n+]1cn(C)c2c(=O)[nH]c(N)nc21. The van der Waals surface area contributed by atoms with Crippen LogP contribution < -0.4 is 27.2 Å². The van der Waals surface area contributed by atoms with Crippen molar-refractivity contribution in [1.82, 2.24) is 34.1 Å². The lowest BCUT2D eigenvalue weighted by Gasteiger charge is -2.21. The van der Waals surface area contributed by atoms with E-state index in [-0.39, 0.29) is 45.6 Å². The molecule has 4 aromatic rings. The maximum Gasteiger partial charge on any atom is 0.488 e. The number of imidazole rings is 2. The fourth-order valence-corrected chi connectivity index (χ4v) is 11.7. The summed E-state index contributed by atoms with van der Waals surface area (Å²) < 4.78 is 71.4. The zero-order chi connectivity index (χ0) is 38.8. The first-order valence-electron chi connectivity index (χ1n) is 14.8. The van der Waals surface area contributed by atoms with E-state index in [1.54, 1.807) is 0 Å². The lowest BCUT2D eigenvalue weighted by molar-refractivity contribution is -0.745. The molecule has 0 amide bonds. The number of methoxy groups -OCH3 is 1. The number of fused-ring (bicyclic) bond motifs is 2. The molecule has 2 fully saturated rings. The molecule has 11 atom stereocenters. The van der Waals surface area contributed by atoms with Crippen LogP contribution >= 0.6 is 33.8 Å². The van der Waals surface area contributed by atoms with Crippen LogP contribution in [-0.4, -0.2) is 120 Å². The van der Waals surface area contributed by atoms with Gasteiger partial charge in [0, 0.05) is 12.9 Å². The number of hydrogen-bond acceptors (Lipinski definition) is 20. The Morgan fingerprint density at radius 2 is 1.64 bits per heavy atom. The lowest BCUT2D eigenvalue weighted by atomic mass is 10.1. The van der Waals surface area contributed by atoms with E-state index < -0.39 is 95.0 Å². The number of aliphatic hydroxyl groups is 3. The standard InChI is InChI=1S/C22H31N10O17P3S/c1-30-6-32(16-10(30)18(37)29-22(24)27-16)20-14(44-2)12(34)8(47-20)4-53-52(42,43)49-51(40,41)48-50(38,39)45-3-7-11(33)13(35)19(46-7)31-5-25-9-15(31)26-21(23)28-17(9)36/h5-8,11-14,19-20,33-35H,3-4H2,1-2H3,(H8-,23,24,26,27,28,29,36,37,38,39,40,41,42,43)/p+1/t7-,8-,11+,12?,13?,14+,19-,20-/m1/s1. The van der Waals surface area contributed by atoms with Crippen molar-refractivity contribution in [2.24, 2.45) is 7.05 Å². The number of rotatable bonds is 13. The van der Waals surface area contributed by atoms with Crippen molar-refractivity contribution >= 4 is 68.0 Å². The molecule has 2 saturated heterocycles. The zero-order valence-electron chi connectivity index (χ0n) is 26.9. The molecule has 27 nitrogen and oxygen atoms in total. The van der Waals surface area contributed by atoms with Crippen molar-refractivity contribution in [2.45, 2.75) is 49.1 Å². The summed E-state index contributed by atoms with van der Waals surface area (Å²) in [5.41, 5.74) is 9.80. The number of nitrogens with two attached hydrogens (primary N) is 2. The molecule has 2 aliphatic heterocycles. The highest BCUT2D eigenvalue weighted by Crippen LogP contribution is 2.71. The third-order valence-electron chi connectivity index (χ3n) is 7.93. The Kier molecular flexibility index (Phi) is 10.8. The third-order valence-corrected chi connectivity index (χ3v) is 14.5. The molecule has 0 aliphatic carbocycles. The van der Waals surface area contributed by atoms with Crippen LogP contribution in [0.5, 0.6) is 0 Å². The summed E-state index contributed by atoms with van der Waals surface area (Å²) in [6.45, 7) is -6.30. The topological polar surface area (TPSA) is 398 Å². The van der Waals surface area contributed by atoms with Crippen molar-refractivity contribution in [2.75, 3.05) is 30.9 Å². The number of anilines is 2. The highest BCUT2D eigenvalue weighted by molar-refractivity contribution is 8.55. The largest absolute Gasteiger partial charge is 0.488 e. The van der Waals surface area contributed by atoms with E-state index in [1.165, 1.54) is 29.6 Å². The van der Waals surface area contributed by atoms with Crippen molar-refractivity contribution in [3.05, 3.63) is 33.4 Å². The number of aliphatic hydroxyl groups excluding tert-OH is 3. The summed E-state index contributed by atoms with van der Waals surface area (Å²) in [6, 6.07) is 0. The van der Waals surface area contributed by atoms with E-state index in [2.05, 4.69) is 38.1 Å². The average Bonchev–Trinajstić information content (AvgIpc) is 3.77. The second kappa shape index (κ2) is 14.5. The highest BCUT2D eigenvalue weighted by atomic mass is 32.7. The molecule has 2 aliphatic rings. The molecule has 292 valence electrons. The number of nitrogen functional groups attached to an aromatic ring is 2. The monoisotopic (exact) mass is 833 g/mol. The van der Waals surface area contributed by atoms with Gasteiger partial charge in [-0.1, -0.05) is 4.98 Å². The van der Waals surface area contributed by atoms with E-state index in [0.717, 1.165) is 10.9 Å². The second-order valence-electron chi connectivity index (χ2n) is 11.5. The van der Waals surface area contributed by atoms with Crippen molar-refractivity contribution in [1.29, 1.82) is 0 Å². The highest BCUT2D eigenvalue weighted by Gasteiger charge is 2.50. The molecular formula is C22H32N10O17P3S+. The molecule has 5 unspecified atom stereocenters. The number of nitrogens with one attached hydrogen (secondary N) is 2. The normalized spacial score (nSPS) is 29.7. The molecule has 4 aromatic heterocycles. The number of H-pyrrole nitrogens is 2. The lowest BCUT2D eigenvalue weighted by Crippen LogP contribution is -2.47. The van der Waals surface area contributed by atoms with Gasteiger partial charge in [-0.25, -0.2) is 23.2 Å². The van der Waals surface area contributed by atoms with Crippen molar-refractivity contribution in [3.8, 4) is 0 Å². The number of phosphoric acid groups is 2. The molecule has 0 aromatic carbocycles. The van der Waals surface area contributed by atoms with Crippen LogP contribution in [0, 0.1) is 0 Å². The minimum Gasteiger partial charge on any atom is -0.387 e. The number of aromatic nitrogens is 8. The van der Waals surface area contributed by atoms with Gasteiger partial charge in [0.2, 0.25) is 17.7 Å². The van der Waals surface area contributed by atoms with E-state index >= 15 is 0 Å². The smallest absolute Gasteiger partial charge is 0.387 e.